The average molecular weight is 384 g/mol. The van der Waals surface area contributed by atoms with Crippen LogP contribution in [-0.2, 0) is 15.1 Å². The van der Waals surface area contributed by atoms with Gasteiger partial charge in [-0.25, -0.2) is 0 Å². The molecule has 2 aromatic carbocycles. The number of ketones is 1. The molecular formula is C19H14BrNO3. The lowest BCUT2D eigenvalue weighted by molar-refractivity contribution is -0.137. The maximum atomic E-state index is 13.0. The quantitative estimate of drug-likeness (QED) is 0.757. The lowest BCUT2D eigenvalue weighted by Gasteiger charge is -2.36. The molecule has 0 aliphatic carbocycles. The molecule has 2 aliphatic heterocycles. The summed E-state index contributed by atoms with van der Waals surface area (Å²) < 4.78 is 6.51. The van der Waals surface area contributed by atoms with Crippen LogP contribution in [-0.4, -0.2) is 18.2 Å². The van der Waals surface area contributed by atoms with Crippen molar-refractivity contribution in [2.45, 2.75) is 12.5 Å². The van der Waals surface area contributed by atoms with Crippen molar-refractivity contribution in [3.8, 4) is 0 Å². The summed E-state index contributed by atoms with van der Waals surface area (Å²) in [7, 11) is 0. The van der Waals surface area contributed by atoms with Crippen LogP contribution in [0.1, 0.15) is 22.8 Å². The molecule has 0 unspecified atom stereocenters. The minimum Gasteiger partial charge on any atom is -0.474 e. The zero-order valence-corrected chi connectivity index (χ0v) is 14.5. The Kier molecular flexibility index (Phi) is 3.35. The summed E-state index contributed by atoms with van der Waals surface area (Å²) in [6, 6.07) is 14.6. The minimum atomic E-state index is -1.32. The molecule has 2 aliphatic rings. The number of halogens is 1. The van der Waals surface area contributed by atoms with Gasteiger partial charge in [0, 0.05) is 22.1 Å². The number of hydrogen-bond donors (Lipinski definition) is 0. The summed E-state index contributed by atoms with van der Waals surface area (Å²) in [5.41, 5.74) is 1.12. The number of anilines is 1. The number of nitrogens with zero attached hydrogens (tertiary/aromatic N) is 1. The van der Waals surface area contributed by atoms with Gasteiger partial charge in [0.2, 0.25) is 5.60 Å². The lowest BCUT2D eigenvalue weighted by atomic mass is 9.80. The largest absolute Gasteiger partial charge is 0.474 e. The van der Waals surface area contributed by atoms with Crippen molar-refractivity contribution in [2.75, 3.05) is 11.4 Å². The summed E-state index contributed by atoms with van der Waals surface area (Å²) in [6.07, 6.45) is 1.40. The van der Waals surface area contributed by atoms with Crippen molar-refractivity contribution in [2.24, 2.45) is 0 Å². The van der Waals surface area contributed by atoms with Crippen LogP contribution in [0.3, 0.4) is 0 Å². The SMILES string of the molecule is CCN1C(=O)[C@@]2(OC=C2C(=O)c2ccccc2)c2cc(Br)ccc21. The van der Waals surface area contributed by atoms with Crippen LogP contribution in [0.5, 0.6) is 0 Å². The molecule has 24 heavy (non-hydrogen) atoms. The summed E-state index contributed by atoms with van der Waals surface area (Å²) in [5, 5.41) is 0. The molecule has 0 saturated carbocycles. The predicted octanol–water partition coefficient (Wildman–Crippen LogP) is 3.81. The topological polar surface area (TPSA) is 46.6 Å². The Bertz CT molecular complexity index is 891. The second-order valence-corrected chi connectivity index (χ2v) is 6.65. The number of carbonyl (C=O) groups is 2. The van der Waals surface area contributed by atoms with Gasteiger partial charge in [0.05, 0.1) is 17.5 Å². The smallest absolute Gasteiger partial charge is 0.281 e. The lowest BCUT2D eigenvalue weighted by Crippen LogP contribution is -2.49. The first-order valence-corrected chi connectivity index (χ1v) is 8.49. The van der Waals surface area contributed by atoms with E-state index < -0.39 is 5.60 Å². The van der Waals surface area contributed by atoms with Crippen LogP contribution < -0.4 is 4.90 Å². The van der Waals surface area contributed by atoms with Gasteiger partial charge in [-0.05, 0) is 25.1 Å². The average Bonchev–Trinajstić information content (AvgIpc) is 2.83. The van der Waals surface area contributed by atoms with Gasteiger partial charge in [0.25, 0.3) is 5.91 Å². The molecule has 0 bridgehead atoms. The molecule has 5 heteroatoms. The van der Waals surface area contributed by atoms with E-state index in [0.29, 0.717) is 23.2 Å². The van der Waals surface area contributed by atoms with Gasteiger partial charge >= 0.3 is 0 Å². The molecule has 0 fully saturated rings. The molecule has 0 aromatic heterocycles. The number of ether oxygens (including phenoxy) is 1. The Morgan fingerprint density at radius 3 is 2.58 bits per heavy atom. The van der Waals surface area contributed by atoms with Gasteiger partial charge in [0.1, 0.15) is 0 Å². The standard InChI is InChI=1S/C19H14BrNO3/c1-2-21-16-9-8-13(20)10-14(16)19(18(21)23)15(11-24-19)17(22)12-6-4-3-5-7-12/h3-11H,2H2,1H3/t19-/m1/s1. The number of rotatable bonds is 3. The predicted molar refractivity (Wildman–Crippen MR) is 93.8 cm³/mol. The maximum Gasteiger partial charge on any atom is 0.281 e. The third kappa shape index (κ3) is 1.85. The number of benzene rings is 2. The number of carbonyl (C=O) groups excluding carboxylic acids is 2. The molecule has 4 nitrogen and oxygen atoms in total. The first-order valence-electron chi connectivity index (χ1n) is 7.69. The van der Waals surface area contributed by atoms with Gasteiger partial charge < -0.3 is 9.64 Å². The van der Waals surface area contributed by atoms with Crippen molar-refractivity contribution in [1.29, 1.82) is 0 Å². The number of hydrogen-bond acceptors (Lipinski definition) is 3. The van der Waals surface area contributed by atoms with E-state index in [0.717, 1.165) is 10.2 Å². The van der Waals surface area contributed by atoms with Crippen LogP contribution in [0.2, 0.25) is 0 Å². The monoisotopic (exact) mass is 383 g/mol. The number of amides is 1. The van der Waals surface area contributed by atoms with Gasteiger partial charge in [-0.15, -0.1) is 0 Å². The van der Waals surface area contributed by atoms with Gasteiger partial charge in [-0.1, -0.05) is 46.3 Å². The van der Waals surface area contributed by atoms with Gasteiger partial charge in [0.15, 0.2) is 5.78 Å². The van der Waals surface area contributed by atoms with Crippen LogP contribution in [0.15, 0.2) is 64.8 Å². The van der Waals surface area contributed by atoms with E-state index >= 15 is 0 Å². The molecule has 1 atom stereocenters. The van der Waals surface area contributed by atoms with Crippen LogP contribution in [0.25, 0.3) is 0 Å². The molecule has 0 radical (unpaired) electrons. The fourth-order valence-corrected chi connectivity index (χ4v) is 3.68. The highest BCUT2D eigenvalue weighted by molar-refractivity contribution is 9.10. The summed E-state index contributed by atoms with van der Waals surface area (Å²) in [5.74, 6) is -0.390. The van der Waals surface area contributed by atoms with Crippen molar-refractivity contribution < 1.29 is 14.3 Å². The zero-order chi connectivity index (χ0) is 16.9. The molecule has 0 saturated heterocycles. The normalized spacial score (nSPS) is 21.2. The fraction of sp³-hybridized carbons (Fsp3) is 0.158. The molecule has 4 rings (SSSR count). The highest BCUT2D eigenvalue weighted by atomic mass is 79.9. The highest BCUT2D eigenvalue weighted by Crippen LogP contribution is 2.53. The molecule has 1 spiro atoms. The summed E-state index contributed by atoms with van der Waals surface area (Å²) in [6.45, 7) is 2.43. The molecular weight excluding hydrogens is 370 g/mol. The first-order chi connectivity index (χ1) is 11.6. The van der Waals surface area contributed by atoms with E-state index in [1.165, 1.54) is 6.26 Å². The van der Waals surface area contributed by atoms with Crippen molar-refractivity contribution in [3.63, 3.8) is 0 Å². The van der Waals surface area contributed by atoms with E-state index in [9.17, 15) is 9.59 Å². The van der Waals surface area contributed by atoms with Crippen molar-refractivity contribution >= 4 is 33.3 Å². The summed E-state index contributed by atoms with van der Waals surface area (Å²) in [4.78, 5) is 27.6. The van der Waals surface area contributed by atoms with E-state index in [1.54, 1.807) is 29.2 Å². The molecule has 1 amide bonds. The Hall–Kier alpha value is -2.40. The van der Waals surface area contributed by atoms with E-state index in [2.05, 4.69) is 15.9 Å². The Morgan fingerprint density at radius 1 is 1.21 bits per heavy atom. The number of Topliss-reactive ketones (excluding diaryl/α,β-unsaturated/α-hetero) is 1. The molecule has 2 heterocycles. The fourth-order valence-electron chi connectivity index (χ4n) is 3.32. The second-order valence-electron chi connectivity index (χ2n) is 5.74. The Morgan fingerprint density at radius 2 is 1.96 bits per heavy atom. The number of fused-ring (bicyclic) bond motifs is 2. The first kappa shape index (κ1) is 15.1. The molecule has 0 N–H and O–H groups in total. The van der Waals surface area contributed by atoms with Crippen molar-refractivity contribution in [1.82, 2.24) is 0 Å². The van der Waals surface area contributed by atoms with Crippen molar-refractivity contribution in [3.05, 3.63) is 76.0 Å². The highest BCUT2D eigenvalue weighted by Gasteiger charge is 2.61. The van der Waals surface area contributed by atoms with Crippen LogP contribution in [0.4, 0.5) is 5.69 Å². The Labute approximate surface area is 147 Å². The van der Waals surface area contributed by atoms with Gasteiger partial charge in [-0.3, -0.25) is 9.59 Å². The van der Waals surface area contributed by atoms with Crippen LogP contribution in [0, 0.1) is 0 Å². The molecule has 120 valence electrons. The molecule has 2 aromatic rings. The second kappa shape index (κ2) is 5.31. The minimum absolute atomic E-state index is 0.181. The Balaban J connectivity index is 1.85. The third-order valence-corrected chi connectivity index (χ3v) is 5.00. The third-order valence-electron chi connectivity index (χ3n) is 4.50. The zero-order valence-electron chi connectivity index (χ0n) is 13.0. The van der Waals surface area contributed by atoms with Gasteiger partial charge in [-0.2, -0.15) is 0 Å². The van der Waals surface area contributed by atoms with E-state index in [4.69, 9.17) is 4.74 Å². The van der Waals surface area contributed by atoms with E-state index in [-0.39, 0.29) is 11.7 Å². The summed E-state index contributed by atoms with van der Waals surface area (Å²) >= 11 is 3.44. The maximum absolute atomic E-state index is 13.0. The van der Waals surface area contributed by atoms with E-state index in [1.807, 2.05) is 31.2 Å². The van der Waals surface area contributed by atoms with Crippen LogP contribution >= 0.6 is 15.9 Å². The number of likely N-dealkylation sites (N-methyl/N-ethyl adjacent to an activating group) is 1.